The Morgan fingerprint density at radius 1 is 1.08 bits per heavy atom. The molecular weight excluding hydrogens is 326 g/mol. The summed E-state index contributed by atoms with van der Waals surface area (Å²) in [5.74, 6) is 1.13. The molecule has 0 radical (unpaired) electrons. The van der Waals surface area contributed by atoms with Crippen LogP contribution in [-0.4, -0.2) is 27.3 Å². The molecule has 1 fully saturated rings. The lowest BCUT2D eigenvalue weighted by atomic mass is 10.1. The largest absolute Gasteiger partial charge is 0.338 e. The Labute approximate surface area is 152 Å². The van der Waals surface area contributed by atoms with E-state index in [1.807, 2.05) is 30.3 Å². The lowest BCUT2D eigenvalue weighted by Gasteiger charge is -2.08. The van der Waals surface area contributed by atoms with Gasteiger partial charge < -0.3 is 10.6 Å². The molecule has 1 saturated carbocycles. The third-order valence-electron chi connectivity index (χ3n) is 4.75. The number of amides is 2. The van der Waals surface area contributed by atoms with Crippen molar-refractivity contribution in [3.05, 3.63) is 78.4 Å². The normalized spacial score (nSPS) is 18.3. The highest BCUT2D eigenvalue weighted by molar-refractivity contribution is 5.73. The smallest absolute Gasteiger partial charge is 0.315 e. The van der Waals surface area contributed by atoms with Crippen LogP contribution in [0.1, 0.15) is 23.5 Å². The molecule has 2 atom stereocenters. The van der Waals surface area contributed by atoms with E-state index in [2.05, 4.69) is 45.0 Å². The third kappa shape index (κ3) is 3.91. The van der Waals surface area contributed by atoms with Crippen LogP contribution in [0.15, 0.2) is 67.3 Å². The fraction of sp³-hybridized carbons (Fsp3) is 0.250. The van der Waals surface area contributed by atoms with Crippen molar-refractivity contribution >= 4 is 6.03 Å². The van der Waals surface area contributed by atoms with E-state index < -0.39 is 0 Å². The minimum absolute atomic E-state index is 0.121. The molecule has 3 aromatic rings. The number of hydrogen-bond donors (Lipinski definition) is 2. The maximum absolute atomic E-state index is 12.0. The first-order chi connectivity index (χ1) is 12.8. The maximum Gasteiger partial charge on any atom is 0.315 e. The Morgan fingerprint density at radius 3 is 2.62 bits per heavy atom. The minimum Gasteiger partial charge on any atom is -0.338 e. The fourth-order valence-corrected chi connectivity index (χ4v) is 3.16. The van der Waals surface area contributed by atoms with Crippen molar-refractivity contribution in [3.8, 4) is 5.69 Å². The molecule has 1 aliphatic rings. The van der Waals surface area contributed by atoms with Crippen molar-refractivity contribution in [2.24, 2.45) is 5.92 Å². The first-order valence-electron chi connectivity index (χ1n) is 8.80. The van der Waals surface area contributed by atoms with Crippen LogP contribution in [0.4, 0.5) is 4.79 Å². The minimum atomic E-state index is -0.121. The summed E-state index contributed by atoms with van der Waals surface area (Å²) in [6.45, 7) is 1.22. The van der Waals surface area contributed by atoms with Gasteiger partial charge in [-0.2, -0.15) is 5.10 Å². The van der Waals surface area contributed by atoms with E-state index in [0.29, 0.717) is 18.4 Å². The van der Waals surface area contributed by atoms with Crippen LogP contribution in [-0.2, 0) is 6.54 Å². The van der Waals surface area contributed by atoms with Gasteiger partial charge in [-0.3, -0.25) is 0 Å². The van der Waals surface area contributed by atoms with Crippen LogP contribution in [0.5, 0.6) is 0 Å². The first-order valence-corrected chi connectivity index (χ1v) is 8.80. The number of carbonyl (C=O) groups excluding carboxylic acids is 1. The molecule has 2 aromatic carbocycles. The molecule has 0 unspecified atom stereocenters. The van der Waals surface area contributed by atoms with Gasteiger partial charge in [0.05, 0.1) is 5.69 Å². The number of nitrogens with one attached hydrogen (secondary N) is 2. The number of benzene rings is 2. The van der Waals surface area contributed by atoms with E-state index >= 15 is 0 Å². The van der Waals surface area contributed by atoms with E-state index in [4.69, 9.17) is 0 Å². The number of aromatic nitrogens is 3. The van der Waals surface area contributed by atoms with E-state index in [0.717, 1.165) is 24.2 Å². The van der Waals surface area contributed by atoms with Crippen molar-refractivity contribution in [2.45, 2.75) is 18.9 Å². The molecule has 132 valence electrons. The molecule has 1 aromatic heterocycles. The van der Waals surface area contributed by atoms with Gasteiger partial charge in [-0.15, -0.1) is 0 Å². The molecule has 6 nitrogen and oxygen atoms in total. The van der Waals surface area contributed by atoms with E-state index in [1.165, 1.54) is 11.9 Å². The molecule has 26 heavy (non-hydrogen) atoms. The van der Waals surface area contributed by atoms with Crippen LogP contribution in [0, 0.1) is 5.92 Å². The zero-order valence-electron chi connectivity index (χ0n) is 14.4. The summed E-state index contributed by atoms with van der Waals surface area (Å²) in [6, 6.07) is 18.2. The summed E-state index contributed by atoms with van der Waals surface area (Å²) in [5.41, 5.74) is 3.35. The summed E-state index contributed by atoms with van der Waals surface area (Å²) < 4.78 is 1.70. The molecule has 0 spiro atoms. The Balaban J connectivity index is 1.20. The average Bonchev–Trinajstić information content (AvgIpc) is 3.26. The molecule has 0 aliphatic heterocycles. The number of hydrogen-bond acceptors (Lipinski definition) is 3. The highest BCUT2D eigenvalue weighted by atomic mass is 16.2. The molecule has 2 amide bonds. The second-order valence-electron chi connectivity index (χ2n) is 6.58. The lowest BCUT2D eigenvalue weighted by molar-refractivity contribution is 0.240. The molecule has 4 rings (SSSR count). The van der Waals surface area contributed by atoms with Crippen LogP contribution < -0.4 is 10.6 Å². The molecule has 2 N–H and O–H groups in total. The summed E-state index contributed by atoms with van der Waals surface area (Å²) in [7, 11) is 0. The third-order valence-corrected chi connectivity index (χ3v) is 4.75. The van der Waals surface area contributed by atoms with Gasteiger partial charge in [0.2, 0.25) is 0 Å². The Bertz CT molecular complexity index is 846. The number of nitrogens with zero attached hydrogens (tertiary/aromatic N) is 3. The average molecular weight is 347 g/mol. The highest BCUT2D eigenvalue weighted by Gasteiger charge is 2.37. The lowest BCUT2D eigenvalue weighted by Crippen LogP contribution is -2.36. The van der Waals surface area contributed by atoms with Gasteiger partial charge in [-0.25, -0.2) is 14.5 Å². The Kier molecular flexibility index (Phi) is 4.64. The van der Waals surface area contributed by atoms with Crippen LogP contribution in [0.3, 0.4) is 0 Å². The first kappa shape index (κ1) is 16.3. The van der Waals surface area contributed by atoms with Crippen LogP contribution in [0.25, 0.3) is 5.69 Å². The zero-order valence-corrected chi connectivity index (χ0v) is 14.4. The zero-order chi connectivity index (χ0) is 17.8. The predicted molar refractivity (Wildman–Crippen MR) is 98.9 cm³/mol. The van der Waals surface area contributed by atoms with E-state index in [-0.39, 0.29) is 6.03 Å². The second kappa shape index (κ2) is 7.39. The Morgan fingerprint density at radius 2 is 1.88 bits per heavy atom. The van der Waals surface area contributed by atoms with E-state index in [1.54, 1.807) is 11.0 Å². The van der Waals surface area contributed by atoms with Crippen molar-refractivity contribution in [1.82, 2.24) is 25.4 Å². The summed E-state index contributed by atoms with van der Waals surface area (Å²) in [6.07, 6.45) is 4.30. The van der Waals surface area contributed by atoms with Gasteiger partial charge in [0.15, 0.2) is 0 Å². The molecule has 1 heterocycles. The molecule has 0 bridgehead atoms. The number of urea groups is 1. The molecule has 0 saturated heterocycles. The van der Waals surface area contributed by atoms with E-state index in [9.17, 15) is 4.79 Å². The molecular formula is C20H21N5O. The van der Waals surface area contributed by atoms with Crippen molar-refractivity contribution in [1.29, 1.82) is 0 Å². The predicted octanol–water partition coefficient (Wildman–Crippen LogP) is 2.87. The quantitative estimate of drug-likeness (QED) is 0.720. The van der Waals surface area contributed by atoms with Gasteiger partial charge in [-0.1, -0.05) is 42.5 Å². The van der Waals surface area contributed by atoms with Crippen molar-refractivity contribution in [3.63, 3.8) is 0 Å². The van der Waals surface area contributed by atoms with Crippen LogP contribution >= 0.6 is 0 Å². The number of carbonyl (C=O) groups is 1. The monoisotopic (exact) mass is 347 g/mol. The number of rotatable bonds is 6. The summed E-state index contributed by atoms with van der Waals surface area (Å²) in [5, 5.41) is 9.97. The highest BCUT2D eigenvalue weighted by Crippen LogP contribution is 2.46. The second-order valence-corrected chi connectivity index (χ2v) is 6.58. The van der Waals surface area contributed by atoms with Gasteiger partial charge in [-0.05, 0) is 41.5 Å². The van der Waals surface area contributed by atoms with Gasteiger partial charge >= 0.3 is 6.03 Å². The SMILES string of the molecule is O=C(NCc1ccc(-n2cncn2)cc1)NC[C@@H]1C[C@@H]1c1ccccc1. The van der Waals surface area contributed by atoms with Gasteiger partial charge in [0.25, 0.3) is 0 Å². The molecule has 1 aliphatic carbocycles. The fourth-order valence-electron chi connectivity index (χ4n) is 3.16. The summed E-state index contributed by atoms with van der Waals surface area (Å²) >= 11 is 0. The summed E-state index contributed by atoms with van der Waals surface area (Å²) in [4.78, 5) is 15.9. The standard InChI is InChI=1S/C20H21N5O/c26-20(23-12-17-10-19(17)16-4-2-1-3-5-16)22-11-15-6-8-18(9-7-15)25-14-21-13-24-25/h1-9,13-14,17,19H,10-12H2,(H2,22,23,26)/t17-,19+/m0/s1. The Hall–Kier alpha value is -3.15. The van der Waals surface area contributed by atoms with Crippen LogP contribution in [0.2, 0.25) is 0 Å². The van der Waals surface area contributed by atoms with Gasteiger partial charge in [0.1, 0.15) is 12.7 Å². The van der Waals surface area contributed by atoms with Gasteiger partial charge in [0, 0.05) is 13.1 Å². The topological polar surface area (TPSA) is 71.8 Å². The van der Waals surface area contributed by atoms with Crippen molar-refractivity contribution < 1.29 is 4.79 Å². The maximum atomic E-state index is 12.0. The van der Waals surface area contributed by atoms with Crippen molar-refractivity contribution in [2.75, 3.05) is 6.54 Å². The molecule has 6 heteroatoms.